The van der Waals surface area contributed by atoms with Gasteiger partial charge in [-0.2, -0.15) is 0 Å². The molecule has 4 nitrogen and oxygen atoms in total. The van der Waals surface area contributed by atoms with Crippen molar-refractivity contribution in [2.24, 2.45) is 5.41 Å². The van der Waals surface area contributed by atoms with E-state index in [0.29, 0.717) is 24.2 Å². The molecular weight excluding hydrogens is 254 g/mol. The Morgan fingerprint density at radius 2 is 2.05 bits per heavy atom. The number of nitrogens with one attached hydrogen (secondary N) is 1. The smallest absolute Gasteiger partial charge is 0.0661 e. The second kappa shape index (κ2) is 7.74. The summed E-state index contributed by atoms with van der Waals surface area (Å²) in [5, 5.41) is 12.9. The van der Waals surface area contributed by atoms with Gasteiger partial charge in [-0.15, -0.1) is 0 Å². The molecule has 0 amide bonds. The van der Waals surface area contributed by atoms with Crippen LogP contribution in [0.4, 0.5) is 0 Å². The number of hydrogen-bond donors (Lipinski definition) is 2. The molecular formula is C16H31NO3. The lowest BCUT2D eigenvalue weighted by atomic mass is 9.55. The maximum atomic E-state index is 9.18. The molecule has 0 aromatic carbocycles. The van der Waals surface area contributed by atoms with E-state index in [1.54, 1.807) is 7.11 Å². The highest BCUT2D eigenvalue weighted by molar-refractivity contribution is 5.09. The number of methoxy groups -OCH3 is 1. The molecule has 0 aliphatic heterocycles. The van der Waals surface area contributed by atoms with Crippen molar-refractivity contribution in [3.8, 4) is 0 Å². The lowest BCUT2D eigenvalue weighted by molar-refractivity contribution is -0.153. The Morgan fingerprint density at radius 1 is 1.30 bits per heavy atom. The molecule has 2 saturated carbocycles. The average Bonchev–Trinajstić information content (AvgIpc) is 2.47. The predicted molar refractivity (Wildman–Crippen MR) is 79.8 cm³/mol. The molecule has 0 heterocycles. The van der Waals surface area contributed by atoms with E-state index in [4.69, 9.17) is 9.47 Å². The second-order valence-corrected chi connectivity index (χ2v) is 6.36. The highest BCUT2D eigenvalue weighted by atomic mass is 16.5. The van der Waals surface area contributed by atoms with Gasteiger partial charge in [0, 0.05) is 37.8 Å². The van der Waals surface area contributed by atoms with Crippen LogP contribution in [0.1, 0.15) is 51.9 Å². The highest BCUT2D eigenvalue weighted by Crippen LogP contribution is 2.53. The van der Waals surface area contributed by atoms with E-state index in [-0.39, 0.29) is 12.6 Å². The summed E-state index contributed by atoms with van der Waals surface area (Å²) in [4.78, 5) is 0. The topological polar surface area (TPSA) is 50.7 Å². The Labute approximate surface area is 123 Å². The molecule has 118 valence electrons. The van der Waals surface area contributed by atoms with Crippen LogP contribution < -0.4 is 5.32 Å². The van der Waals surface area contributed by atoms with Gasteiger partial charge in [-0.25, -0.2) is 0 Å². The first-order chi connectivity index (χ1) is 9.76. The normalized spacial score (nSPS) is 30.1. The van der Waals surface area contributed by atoms with E-state index in [9.17, 15) is 5.11 Å². The van der Waals surface area contributed by atoms with Gasteiger partial charge >= 0.3 is 0 Å². The van der Waals surface area contributed by atoms with Gasteiger partial charge in [0.05, 0.1) is 12.7 Å². The summed E-state index contributed by atoms with van der Waals surface area (Å²) >= 11 is 0. The number of rotatable bonds is 8. The molecule has 2 N–H and O–H groups in total. The standard InChI is InChI=1S/C16H31NO3/c1-3-20-15-11-14(16(15)8-5-4-6-9-16)17-13(7-10-18)12-19-2/h13-15,17-18H,3-12H2,1-2H3. The van der Waals surface area contributed by atoms with Gasteiger partial charge in [0.2, 0.25) is 0 Å². The summed E-state index contributed by atoms with van der Waals surface area (Å²) < 4.78 is 11.3. The highest BCUT2D eigenvalue weighted by Gasteiger charge is 2.55. The maximum absolute atomic E-state index is 9.18. The average molecular weight is 285 g/mol. The van der Waals surface area contributed by atoms with Crippen LogP contribution in [-0.4, -0.2) is 50.2 Å². The SMILES string of the molecule is CCOC1CC(NC(CCO)COC)C12CCCCC2. The molecule has 2 aliphatic carbocycles. The Hall–Kier alpha value is -0.160. The zero-order chi connectivity index (χ0) is 14.4. The molecule has 3 atom stereocenters. The number of aliphatic hydroxyl groups excluding tert-OH is 1. The van der Waals surface area contributed by atoms with Crippen LogP contribution in [-0.2, 0) is 9.47 Å². The predicted octanol–water partition coefficient (Wildman–Crippen LogP) is 2.10. The number of hydrogen-bond acceptors (Lipinski definition) is 4. The van der Waals surface area contributed by atoms with E-state index in [2.05, 4.69) is 12.2 Å². The summed E-state index contributed by atoms with van der Waals surface area (Å²) in [5.41, 5.74) is 0.343. The van der Waals surface area contributed by atoms with Gasteiger partial charge in [0.25, 0.3) is 0 Å². The van der Waals surface area contributed by atoms with Crippen LogP contribution in [0.15, 0.2) is 0 Å². The van der Waals surface area contributed by atoms with Crippen molar-refractivity contribution in [3.63, 3.8) is 0 Å². The minimum absolute atomic E-state index is 0.218. The quantitative estimate of drug-likeness (QED) is 0.717. The molecule has 1 spiro atoms. The molecule has 0 bridgehead atoms. The molecule has 20 heavy (non-hydrogen) atoms. The summed E-state index contributed by atoms with van der Waals surface area (Å²) in [5.74, 6) is 0. The molecule has 4 heteroatoms. The van der Waals surface area contributed by atoms with E-state index in [1.807, 2.05) is 0 Å². The van der Waals surface area contributed by atoms with Crippen molar-refractivity contribution in [2.75, 3.05) is 26.9 Å². The molecule has 0 aromatic rings. The molecule has 0 saturated heterocycles. The first kappa shape index (κ1) is 16.2. The summed E-state index contributed by atoms with van der Waals surface area (Å²) in [6, 6.07) is 0.794. The molecule has 2 rings (SSSR count). The van der Waals surface area contributed by atoms with Gasteiger partial charge in [-0.1, -0.05) is 19.3 Å². The van der Waals surface area contributed by atoms with Gasteiger partial charge in [0.1, 0.15) is 0 Å². The summed E-state index contributed by atoms with van der Waals surface area (Å²) in [7, 11) is 1.73. The van der Waals surface area contributed by atoms with Crippen LogP contribution in [0.25, 0.3) is 0 Å². The first-order valence-corrected chi connectivity index (χ1v) is 8.24. The Kier molecular flexibility index (Phi) is 6.27. The minimum atomic E-state index is 0.218. The van der Waals surface area contributed by atoms with Gasteiger partial charge in [0.15, 0.2) is 0 Å². The van der Waals surface area contributed by atoms with Crippen LogP contribution in [0.3, 0.4) is 0 Å². The fraction of sp³-hybridized carbons (Fsp3) is 1.00. The van der Waals surface area contributed by atoms with Gasteiger partial charge < -0.3 is 19.9 Å². The van der Waals surface area contributed by atoms with Crippen molar-refractivity contribution in [3.05, 3.63) is 0 Å². The van der Waals surface area contributed by atoms with E-state index in [1.165, 1.54) is 32.1 Å². The molecule has 2 aliphatic rings. The van der Waals surface area contributed by atoms with E-state index in [0.717, 1.165) is 19.4 Å². The third kappa shape index (κ3) is 3.35. The monoisotopic (exact) mass is 285 g/mol. The van der Waals surface area contributed by atoms with Crippen LogP contribution in [0, 0.1) is 5.41 Å². The molecule has 0 aromatic heterocycles. The Morgan fingerprint density at radius 3 is 2.65 bits per heavy atom. The zero-order valence-electron chi connectivity index (χ0n) is 13.1. The fourth-order valence-corrected chi connectivity index (χ4v) is 4.15. The third-order valence-electron chi connectivity index (χ3n) is 5.22. The number of ether oxygens (including phenoxy) is 2. The lowest BCUT2D eigenvalue weighted by Crippen LogP contribution is -2.66. The molecule has 3 unspecified atom stereocenters. The van der Waals surface area contributed by atoms with Crippen LogP contribution >= 0.6 is 0 Å². The fourth-order valence-electron chi connectivity index (χ4n) is 4.15. The first-order valence-electron chi connectivity index (χ1n) is 8.24. The minimum Gasteiger partial charge on any atom is -0.396 e. The zero-order valence-corrected chi connectivity index (χ0v) is 13.1. The third-order valence-corrected chi connectivity index (χ3v) is 5.22. The van der Waals surface area contributed by atoms with Crippen molar-refractivity contribution >= 4 is 0 Å². The van der Waals surface area contributed by atoms with E-state index < -0.39 is 0 Å². The second-order valence-electron chi connectivity index (χ2n) is 6.36. The van der Waals surface area contributed by atoms with Crippen molar-refractivity contribution in [1.29, 1.82) is 0 Å². The van der Waals surface area contributed by atoms with Crippen LogP contribution in [0.2, 0.25) is 0 Å². The summed E-state index contributed by atoms with van der Waals surface area (Å²) in [6.07, 6.45) is 8.91. The van der Waals surface area contributed by atoms with E-state index >= 15 is 0 Å². The van der Waals surface area contributed by atoms with Crippen molar-refractivity contribution < 1.29 is 14.6 Å². The Bertz CT molecular complexity index is 273. The largest absolute Gasteiger partial charge is 0.396 e. The summed E-state index contributed by atoms with van der Waals surface area (Å²) in [6.45, 7) is 3.80. The van der Waals surface area contributed by atoms with Crippen molar-refractivity contribution in [1.82, 2.24) is 5.32 Å². The van der Waals surface area contributed by atoms with Gasteiger partial charge in [-0.05, 0) is 32.6 Å². The Balaban J connectivity index is 1.96. The lowest BCUT2D eigenvalue weighted by Gasteiger charge is -2.58. The van der Waals surface area contributed by atoms with Crippen LogP contribution in [0.5, 0.6) is 0 Å². The molecule has 0 radical (unpaired) electrons. The van der Waals surface area contributed by atoms with Gasteiger partial charge in [-0.3, -0.25) is 0 Å². The molecule has 2 fully saturated rings. The van der Waals surface area contributed by atoms with Crippen molar-refractivity contribution in [2.45, 2.75) is 70.1 Å². The number of aliphatic hydroxyl groups is 1. The maximum Gasteiger partial charge on any atom is 0.0661 e.